The number of carboxylic acids is 1. The summed E-state index contributed by atoms with van der Waals surface area (Å²) in [6, 6.07) is 1.79. The van der Waals surface area contributed by atoms with Crippen LogP contribution in [0.2, 0.25) is 5.02 Å². The van der Waals surface area contributed by atoms with Gasteiger partial charge in [-0.15, -0.1) is 11.3 Å². The summed E-state index contributed by atoms with van der Waals surface area (Å²) < 4.78 is 71.3. The number of aliphatic carboxylic acids is 1. The number of carboxylic acid groups (broad SMARTS) is 1. The maximum atomic E-state index is 14.4. The summed E-state index contributed by atoms with van der Waals surface area (Å²) in [6.45, 7) is 4.54. The van der Waals surface area contributed by atoms with Gasteiger partial charge in [-0.25, -0.2) is 18.1 Å². The molecule has 226 valence electrons. The number of carbonyl (C=O) groups is 2. The van der Waals surface area contributed by atoms with Crippen molar-refractivity contribution in [3.8, 4) is 10.4 Å². The van der Waals surface area contributed by atoms with Gasteiger partial charge in [0.15, 0.2) is 5.01 Å². The number of aromatic nitrogens is 1. The van der Waals surface area contributed by atoms with E-state index < -0.39 is 55.0 Å². The van der Waals surface area contributed by atoms with E-state index in [9.17, 15) is 31.2 Å². The van der Waals surface area contributed by atoms with Crippen molar-refractivity contribution in [2.24, 2.45) is 11.8 Å². The van der Waals surface area contributed by atoms with E-state index in [0.717, 1.165) is 49.5 Å². The third kappa shape index (κ3) is 7.41. The number of thiazole rings is 1. The predicted octanol–water partition coefficient (Wildman–Crippen LogP) is 6.27. The van der Waals surface area contributed by atoms with Gasteiger partial charge < -0.3 is 10.4 Å². The first-order chi connectivity index (χ1) is 19.0. The number of nitrogens with one attached hydrogen (secondary N) is 2. The van der Waals surface area contributed by atoms with Gasteiger partial charge in [-0.3, -0.25) is 9.59 Å². The first kappa shape index (κ1) is 31.7. The standard InChI is InChI=1S/C27H33ClF3N3O5S2/c1-26(2,3)34-41(38,39)19-10-9-17(21(28)20(19)27(29,30)31)22-18(11-14-7-5-4-6-8-14)33-24(40-22)23(35)32-16-12-15(13-16)25(36)37/h9-10,14-16,34H,4-8,11-13H2,1-3H3,(H,32,35)(H,36,37)/t15-,16-. The molecule has 0 bridgehead atoms. The molecule has 1 amide bonds. The SMILES string of the molecule is CC(C)(C)NS(=O)(=O)c1ccc(-c2sc(C(=O)N[C@H]3C[C@H](C(=O)O)C3)nc2CC2CCCCC2)c(Cl)c1C(F)(F)F. The predicted molar refractivity (Wildman–Crippen MR) is 150 cm³/mol. The summed E-state index contributed by atoms with van der Waals surface area (Å²) in [6.07, 6.45) is 0.920. The second kappa shape index (κ2) is 11.8. The molecule has 2 aliphatic rings. The van der Waals surface area contributed by atoms with Crippen LogP contribution in [0.4, 0.5) is 13.2 Å². The molecule has 3 N–H and O–H groups in total. The maximum absolute atomic E-state index is 14.4. The molecule has 8 nitrogen and oxygen atoms in total. The average molecular weight is 636 g/mol. The minimum absolute atomic E-state index is 0.0281. The van der Waals surface area contributed by atoms with Crippen molar-refractivity contribution in [3.63, 3.8) is 0 Å². The number of alkyl halides is 3. The van der Waals surface area contributed by atoms with E-state index in [0.29, 0.717) is 12.1 Å². The fraction of sp³-hybridized carbons (Fsp3) is 0.593. The lowest BCUT2D eigenvalue weighted by Gasteiger charge is -2.32. The Balaban J connectivity index is 1.76. The highest BCUT2D eigenvalue weighted by molar-refractivity contribution is 7.89. The van der Waals surface area contributed by atoms with Crippen LogP contribution >= 0.6 is 22.9 Å². The minimum atomic E-state index is -5.09. The molecule has 0 saturated heterocycles. The van der Waals surface area contributed by atoms with Crippen LogP contribution in [0.15, 0.2) is 17.0 Å². The number of sulfonamides is 1. The van der Waals surface area contributed by atoms with Gasteiger partial charge in [0, 0.05) is 17.1 Å². The van der Waals surface area contributed by atoms with Crippen LogP contribution in [0, 0.1) is 11.8 Å². The zero-order chi connectivity index (χ0) is 30.3. The van der Waals surface area contributed by atoms with E-state index >= 15 is 0 Å². The summed E-state index contributed by atoms with van der Waals surface area (Å²) in [7, 11) is -4.59. The molecule has 4 rings (SSSR count). The van der Waals surface area contributed by atoms with Crippen molar-refractivity contribution >= 4 is 44.8 Å². The summed E-state index contributed by atoms with van der Waals surface area (Å²) in [4.78, 5) is 27.9. The van der Waals surface area contributed by atoms with Crippen molar-refractivity contribution < 1.29 is 36.3 Å². The van der Waals surface area contributed by atoms with Crippen LogP contribution in [-0.4, -0.2) is 42.0 Å². The molecule has 2 aromatic rings. The Kier molecular flexibility index (Phi) is 9.14. The lowest BCUT2D eigenvalue weighted by atomic mass is 9.80. The Morgan fingerprint density at radius 1 is 1.12 bits per heavy atom. The molecule has 2 fully saturated rings. The fourth-order valence-corrected chi connectivity index (χ4v) is 8.48. The number of amides is 1. The van der Waals surface area contributed by atoms with Crippen LogP contribution in [0.1, 0.15) is 86.8 Å². The second-order valence-electron chi connectivity index (χ2n) is 11.8. The molecule has 14 heteroatoms. The highest BCUT2D eigenvalue weighted by Crippen LogP contribution is 2.46. The number of benzene rings is 1. The summed E-state index contributed by atoms with van der Waals surface area (Å²) in [5, 5.41) is 11.1. The van der Waals surface area contributed by atoms with Crippen molar-refractivity contribution in [2.45, 2.75) is 94.8 Å². The molecule has 0 aliphatic heterocycles. The number of hydrogen-bond donors (Lipinski definition) is 3. The van der Waals surface area contributed by atoms with Crippen LogP contribution in [0.5, 0.6) is 0 Å². The molecule has 0 radical (unpaired) electrons. The Bertz CT molecular complexity index is 1420. The van der Waals surface area contributed by atoms with Crippen molar-refractivity contribution in [1.29, 1.82) is 0 Å². The average Bonchev–Trinajstić information content (AvgIpc) is 3.22. The number of carbonyl (C=O) groups excluding carboxylic acids is 1. The third-order valence-corrected chi connectivity index (χ3v) is 10.6. The smallest absolute Gasteiger partial charge is 0.419 e. The van der Waals surface area contributed by atoms with Gasteiger partial charge in [0.2, 0.25) is 10.0 Å². The second-order valence-corrected chi connectivity index (χ2v) is 14.9. The largest absolute Gasteiger partial charge is 0.481 e. The van der Waals surface area contributed by atoms with Gasteiger partial charge in [-0.05, 0) is 52.0 Å². The van der Waals surface area contributed by atoms with Gasteiger partial charge in [0.25, 0.3) is 5.91 Å². The van der Waals surface area contributed by atoms with Crippen LogP contribution in [-0.2, 0) is 27.4 Å². The summed E-state index contributed by atoms with van der Waals surface area (Å²) in [5.74, 6) is -1.77. The Morgan fingerprint density at radius 3 is 2.32 bits per heavy atom. The zero-order valence-electron chi connectivity index (χ0n) is 22.9. The molecule has 1 heterocycles. The van der Waals surface area contributed by atoms with Crippen LogP contribution in [0.25, 0.3) is 10.4 Å². The molecular weight excluding hydrogens is 603 g/mol. The monoisotopic (exact) mass is 635 g/mol. The first-order valence-electron chi connectivity index (χ1n) is 13.4. The van der Waals surface area contributed by atoms with E-state index in [1.54, 1.807) is 0 Å². The lowest BCUT2D eigenvalue weighted by molar-refractivity contribution is -0.145. The molecule has 0 spiro atoms. The third-order valence-electron chi connectivity index (χ3n) is 7.28. The van der Waals surface area contributed by atoms with Gasteiger partial charge in [-0.1, -0.05) is 49.8 Å². The number of halogens is 4. The van der Waals surface area contributed by atoms with Gasteiger partial charge in [0.1, 0.15) is 0 Å². The molecule has 2 aliphatic carbocycles. The number of hydrogen-bond acceptors (Lipinski definition) is 6. The molecule has 1 aromatic carbocycles. The Labute approximate surface area is 246 Å². The first-order valence-corrected chi connectivity index (χ1v) is 16.1. The minimum Gasteiger partial charge on any atom is -0.481 e. The van der Waals surface area contributed by atoms with Crippen molar-refractivity contribution in [3.05, 3.63) is 33.4 Å². The van der Waals surface area contributed by atoms with E-state index in [-0.39, 0.29) is 40.2 Å². The van der Waals surface area contributed by atoms with Crippen LogP contribution in [0.3, 0.4) is 0 Å². The molecule has 41 heavy (non-hydrogen) atoms. The number of nitrogens with zero attached hydrogens (tertiary/aromatic N) is 1. The van der Waals surface area contributed by atoms with Crippen molar-refractivity contribution in [1.82, 2.24) is 15.0 Å². The molecular formula is C27H33ClF3N3O5S2. The zero-order valence-corrected chi connectivity index (χ0v) is 25.3. The van der Waals surface area contributed by atoms with Gasteiger partial charge in [0.05, 0.1) is 32.0 Å². The number of rotatable bonds is 8. The van der Waals surface area contributed by atoms with Crippen molar-refractivity contribution in [2.75, 3.05) is 0 Å². The van der Waals surface area contributed by atoms with E-state index in [1.165, 1.54) is 26.8 Å². The van der Waals surface area contributed by atoms with E-state index in [2.05, 4.69) is 15.0 Å². The van der Waals surface area contributed by atoms with Gasteiger partial charge in [-0.2, -0.15) is 13.2 Å². The molecule has 0 unspecified atom stereocenters. The highest BCUT2D eigenvalue weighted by Gasteiger charge is 2.42. The van der Waals surface area contributed by atoms with Crippen LogP contribution < -0.4 is 10.0 Å². The lowest BCUT2D eigenvalue weighted by Crippen LogP contribution is -2.46. The molecule has 1 aromatic heterocycles. The summed E-state index contributed by atoms with van der Waals surface area (Å²) >= 11 is 7.28. The Morgan fingerprint density at radius 2 is 1.76 bits per heavy atom. The maximum Gasteiger partial charge on any atom is 0.419 e. The molecule has 2 saturated carbocycles. The quantitative estimate of drug-likeness (QED) is 0.314. The van der Waals surface area contributed by atoms with E-state index in [4.69, 9.17) is 16.7 Å². The van der Waals surface area contributed by atoms with E-state index in [1.807, 2.05) is 0 Å². The fourth-order valence-electron chi connectivity index (χ4n) is 5.33. The highest BCUT2D eigenvalue weighted by atomic mass is 35.5. The Hall–Kier alpha value is -2.22. The topological polar surface area (TPSA) is 125 Å². The molecule has 0 atom stereocenters. The normalized spacial score (nSPS) is 20.5. The summed E-state index contributed by atoms with van der Waals surface area (Å²) in [5.41, 5.74) is -2.14. The van der Waals surface area contributed by atoms with Gasteiger partial charge >= 0.3 is 12.1 Å².